The fourth-order valence-electron chi connectivity index (χ4n) is 2.34. The molecule has 3 heteroatoms. The van der Waals surface area contributed by atoms with E-state index in [1.54, 1.807) is 0 Å². The van der Waals surface area contributed by atoms with Crippen molar-refractivity contribution in [1.82, 2.24) is 0 Å². The Hall–Kier alpha value is -0.430. The lowest BCUT2D eigenvalue weighted by molar-refractivity contribution is 0.0327. The first-order valence-corrected chi connectivity index (χ1v) is 6.80. The van der Waals surface area contributed by atoms with Gasteiger partial charge in [0.1, 0.15) is 0 Å². The second kappa shape index (κ2) is 4.21. The minimum absolute atomic E-state index is 0.187. The quantitative estimate of drug-likeness (QED) is 0.706. The summed E-state index contributed by atoms with van der Waals surface area (Å²) < 4.78 is 0. The summed E-state index contributed by atoms with van der Waals surface area (Å²) in [6.45, 7) is 4.08. The van der Waals surface area contributed by atoms with Crippen molar-refractivity contribution in [2.45, 2.75) is 37.4 Å². The summed E-state index contributed by atoms with van der Waals surface area (Å²) >= 11 is 0. The lowest BCUT2D eigenvalue weighted by Crippen LogP contribution is -2.30. The van der Waals surface area contributed by atoms with Crippen LogP contribution >= 0.6 is 7.92 Å². The Kier molecular flexibility index (Phi) is 3.11. The Labute approximate surface area is 91.7 Å². The van der Waals surface area contributed by atoms with Gasteiger partial charge in [-0.25, -0.2) is 0 Å². The molecule has 0 aromatic heterocycles. The molecule has 0 radical (unpaired) electrons. The molecule has 2 N–H and O–H groups in total. The predicted molar refractivity (Wildman–Crippen MR) is 63.9 cm³/mol. The topological polar surface area (TPSA) is 40.5 Å². The molecule has 1 saturated heterocycles. The van der Waals surface area contributed by atoms with Gasteiger partial charge in [0.25, 0.3) is 0 Å². The Balaban J connectivity index is 2.30. The van der Waals surface area contributed by atoms with E-state index >= 15 is 0 Å². The van der Waals surface area contributed by atoms with Crippen molar-refractivity contribution in [2.75, 3.05) is 0 Å². The SMILES string of the molecule is CC1C(O)C(O)C(C)P1c1ccccc1. The highest BCUT2D eigenvalue weighted by atomic mass is 31.1. The largest absolute Gasteiger partial charge is 0.390 e. The minimum Gasteiger partial charge on any atom is -0.390 e. The van der Waals surface area contributed by atoms with Crippen molar-refractivity contribution >= 4 is 13.2 Å². The van der Waals surface area contributed by atoms with E-state index in [1.807, 2.05) is 32.0 Å². The summed E-state index contributed by atoms with van der Waals surface area (Å²) in [6.07, 6.45) is -1.13. The molecular formula is C12H17O2P. The molecule has 0 spiro atoms. The second-order valence-electron chi connectivity index (χ2n) is 4.21. The third-order valence-electron chi connectivity index (χ3n) is 3.27. The molecule has 2 nitrogen and oxygen atoms in total. The monoisotopic (exact) mass is 224 g/mol. The van der Waals surface area contributed by atoms with Crippen LogP contribution < -0.4 is 5.30 Å². The maximum absolute atomic E-state index is 9.83. The van der Waals surface area contributed by atoms with Crippen LogP contribution in [0, 0.1) is 0 Å². The zero-order chi connectivity index (χ0) is 11.0. The van der Waals surface area contributed by atoms with Crippen molar-refractivity contribution in [3.8, 4) is 0 Å². The smallest absolute Gasteiger partial charge is 0.0872 e. The van der Waals surface area contributed by atoms with E-state index in [4.69, 9.17) is 0 Å². The molecule has 0 bridgehead atoms. The Morgan fingerprint density at radius 1 is 0.933 bits per heavy atom. The number of aliphatic hydroxyl groups excluding tert-OH is 2. The van der Waals surface area contributed by atoms with E-state index in [9.17, 15) is 10.2 Å². The number of hydrogen-bond donors (Lipinski definition) is 2. The molecular weight excluding hydrogens is 207 g/mol. The Bertz CT molecular complexity index is 314. The van der Waals surface area contributed by atoms with Crippen LogP contribution in [0.4, 0.5) is 0 Å². The zero-order valence-corrected chi connectivity index (χ0v) is 9.93. The fourth-order valence-corrected chi connectivity index (χ4v) is 5.55. The van der Waals surface area contributed by atoms with Gasteiger partial charge in [-0.3, -0.25) is 0 Å². The van der Waals surface area contributed by atoms with E-state index in [0.717, 1.165) is 0 Å². The van der Waals surface area contributed by atoms with E-state index in [-0.39, 0.29) is 11.3 Å². The highest BCUT2D eigenvalue weighted by Crippen LogP contribution is 2.54. The minimum atomic E-state index is -0.564. The maximum Gasteiger partial charge on any atom is 0.0872 e. The molecule has 1 aliphatic heterocycles. The molecule has 0 saturated carbocycles. The zero-order valence-electron chi connectivity index (χ0n) is 9.04. The van der Waals surface area contributed by atoms with E-state index in [2.05, 4.69) is 12.1 Å². The van der Waals surface area contributed by atoms with Crippen molar-refractivity contribution < 1.29 is 10.2 Å². The van der Waals surface area contributed by atoms with Crippen LogP contribution in [0.25, 0.3) is 0 Å². The van der Waals surface area contributed by atoms with Crippen molar-refractivity contribution in [1.29, 1.82) is 0 Å². The Morgan fingerprint density at radius 3 is 1.87 bits per heavy atom. The van der Waals surface area contributed by atoms with Crippen molar-refractivity contribution in [2.24, 2.45) is 0 Å². The molecule has 2 rings (SSSR count). The number of aliphatic hydroxyl groups is 2. The van der Waals surface area contributed by atoms with Gasteiger partial charge >= 0.3 is 0 Å². The molecule has 1 heterocycles. The number of benzene rings is 1. The molecule has 1 aliphatic rings. The maximum atomic E-state index is 9.83. The summed E-state index contributed by atoms with van der Waals surface area (Å²) in [6, 6.07) is 10.2. The van der Waals surface area contributed by atoms with Crippen molar-refractivity contribution in [3.05, 3.63) is 30.3 Å². The first-order valence-electron chi connectivity index (χ1n) is 5.32. The normalized spacial score (nSPS) is 40.7. The van der Waals surface area contributed by atoms with Crippen LogP contribution in [0.3, 0.4) is 0 Å². The van der Waals surface area contributed by atoms with Crippen LogP contribution in [-0.2, 0) is 0 Å². The number of rotatable bonds is 1. The van der Waals surface area contributed by atoms with Gasteiger partial charge in [-0.05, 0) is 5.30 Å². The summed E-state index contributed by atoms with van der Waals surface area (Å²) in [5, 5.41) is 20.9. The van der Waals surface area contributed by atoms with Gasteiger partial charge in [-0.1, -0.05) is 52.1 Å². The second-order valence-corrected chi connectivity index (χ2v) is 7.17. The van der Waals surface area contributed by atoms with Gasteiger partial charge in [0.05, 0.1) is 12.2 Å². The molecule has 4 atom stereocenters. The first kappa shape index (κ1) is 11.1. The molecule has 4 unspecified atom stereocenters. The van der Waals surface area contributed by atoms with Gasteiger partial charge in [0.2, 0.25) is 0 Å². The highest BCUT2D eigenvalue weighted by Gasteiger charge is 2.44. The summed E-state index contributed by atoms with van der Waals surface area (Å²) in [4.78, 5) is 0. The van der Waals surface area contributed by atoms with Crippen LogP contribution in [0.15, 0.2) is 30.3 Å². The average molecular weight is 224 g/mol. The van der Waals surface area contributed by atoms with Gasteiger partial charge in [0.15, 0.2) is 0 Å². The van der Waals surface area contributed by atoms with Gasteiger partial charge in [-0.2, -0.15) is 0 Å². The van der Waals surface area contributed by atoms with E-state index in [0.29, 0.717) is 0 Å². The van der Waals surface area contributed by atoms with E-state index < -0.39 is 20.1 Å². The first-order chi connectivity index (χ1) is 7.13. The fraction of sp³-hybridized carbons (Fsp3) is 0.500. The van der Waals surface area contributed by atoms with E-state index in [1.165, 1.54) is 5.30 Å². The molecule has 1 aromatic rings. The van der Waals surface area contributed by atoms with Crippen LogP contribution in [-0.4, -0.2) is 33.7 Å². The third-order valence-corrected chi connectivity index (χ3v) is 6.53. The van der Waals surface area contributed by atoms with Crippen LogP contribution in [0.5, 0.6) is 0 Å². The average Bonchev–Trinajstić information content (AvgIpc) is 2.45. The summed E-state index contributed by atoms with van der Waals surface area (Å²) in [7, 11) is -0.441. The van der Waals surface area contributed by atoms with Gasteiger partial charge in [-0.15, -0.1) is 0 Å². The molecule has 15 heavy (non-hydrogen) atoms. The Morgan fingerprint density at radius 2 is 1.40 bits per heavy atom. The molecule has 82 valence electrons. The van der Waals surface area contributed by atoms with Crippen molar-refractivity contribution in [3.63, 3.8) is 0 Å². The lowest BCUT2D eigenvalue weighted by Gasteiger charge is -2.21. The predicted octanol–water partition coefficient (Wildman–Crippen LogP) is 1.31. The summed E-state index contributed by atoms with van der Waals surface area (Å²) in [5.41, 5.74) is 0.375. The molecule has 0 aliphatic carbocycles. The summed E-state index contributed by atoms with van der Waals surface area (Å²) in [5.74, 6) is 0. The highest BCUT2D eigenvalue weighted by molar-refractivity contribution is 7.67. The molecule has 0 amide bonds. The third kappa shape index (κ3) is 1.82. The molecule has 1 fully saturated rings. The van der Waals surface area contributed by atoms with Gasteiger partial charge < -0.3 is 10.2 Å². The standard InChI is InChI=1S/C12H17O2P/c1-8-11(13)12(14)9(2)15(8)10-6-4-3-5-7-10/h3-9,11-14H,1-2H3. The van der Waals surface area contributed by atoms with Gasteiger partial charge in [0, 0.05) is 11.3 Å². The number of hydrogen-bond acceptors (Lipinski definition) is 2. The van der Waals surface area contributed by atoms with Crippen LogP contribution in [0.2, 0.25) is 0 Å². The molecule has 1 aromatic carbocycles. The lowest BCUT2D eigenvalue weighted by atomic mass is 10.1. The van der Waals surface area contributed by atoms with Crippen LogP contribution in [0.1, 0.15) is 13.8 Å².